The van der Waals surface area contributed by atoms with Crippen molar-refractivity contribution in [3.05, 3.63) is 35.9 Å². The van der Waals surface area contributed by atoms with Crippen LogP contribution >= 0.6 is 0 Å². The lowest BCUT2D eigenvalue weighted by molar-refractivity contribution is -0.122. The van der Waals surface area contributed by atoms with Gasteiger partial charge in [0.15, 0.2) is 0 Å². The van der Waals surface area contributed by atoms with Gasteiger partial charge in [0, 0.05) is 12.6 Å². The van der Waals surface area contributed by atoms with Gasteiger partial charge in [-0.15, -0.1) is 0 Å². The maximum Gasteiger partial charge on any atom is 0.234 e. The largest absolute Gasteiger partial charge is 0.388 e. The van der Waals surface area contributed by atoms with Crippen molar-refractivity contribution in [2.45, 2.75) is 38.3 Å². The minimum Gasteiger partial charge on any atom is -0.388 e. The van der Waals surface area contributed by atoms with Crippen molar-refractivity contribution in [3.8, 4) is 0 Å². The molecule has 4 nitrogen and oxygen atoms in total. The van der Waals surface area contributed by atoms with Gasteiger partial charge in [-0.3, -0.25) is 9.69 Å². The average molecular weight is 276 g/mol. The van der Waals surface area contributed by atoms with E-state index in [-0.39, 0.29) is 5.91 Å². The summed E-state index contributed by atoms with van der Waals surface area (Å²) in [6.07, 6.45) is 2.41. The van der Waals surface area contributed by atoms with Crippen LogP contribution in [0.2, 0.25) is 0 Å². The number of aliphatic hydroxyl groups excluding tert-OH is 1. The van der Waals surface area contributed by atoms with E-state index in [0.29, 0.717) is 25.6 Å². The second kappa shape index (κ2) is 7.41. The van der Waals surface area contributed by atoms with Gasteiger partial charge in [0.25, 0.3) is 0 Å². The number of aliphatic hydroxyl groups is 1. The third-order valence-corrected chi connectivity index (χ3v) is 3.90. The summed E-state index contributed by atoms with van der Waals surface area (Å²) in [7, 11) is 0. The molecule has 0 bridgehead atoms. The highest BCUT2D eigenvalue weighted by Crippen LogP contribution is 2.26. The lowest BCUT2D eigenvalue weighted by Crippen LogP contribution is -2.40. The normalized spacial score (nSPS) is 20.8. The number of amides is 1. The van der Waals surface area contributed by atoms with Crippen molar-refractivity contribution in [1.29, 1.82) is 0 Å². The molecule has 0 radical (unpaired) electrons. The Bertz CT molecular complexity index is 422. The summed E-state index contributed by atoms with van der Waals surface area (Å²) >= 11 is 0. The van der Waals surface area contributed by atoms with Crippen molar-refractivity contribution in [2.24, 2.45) is 0 Å². The molecule has 0 aromatic heterocycles. The molecule has 4 heteroatoms. The first-order valence-electron chi connectivity index (χ1n) is 7.44. The van der Waals surface area contributed by atoms with Crippen LogP contribution in [0.15, 0.2) is 30.3 Å². The van der Waals surface area contributed by atoms with Crippen LogP contribution in [-0.2, 0) is 4.79 Å². The van der Waals surface area contributed by atoms with E-state index in [4.69, 9.17) is 0 Å². The van der Waals surface area contributed by atoms with Gasteiger partial charge in [0.2, 0.25) is 5.91 Å². The second-order valence-electron chi connectivity index (χ2n) is 5.38. The summed E-state index contributed by atoms with van der Waals surface area (Å²) in [6, 6.07) is 10.0. The first-order valence-corrected chi connectivity index (χ1v) is 7.44. The maximum absolute atomic E-state index is 11.7. The molecule has 20 heavy (non-hydrogen) atoms. The number of likely N-dealkylation sites (tertiary alicyclic amines) is 1. The molecule has 2 rings (SSSR count). The Morgan fingerprint density at radius 2 is 2.20 bits per heavy atom. The van der Waals surface area contributed by atoms with Crippen LogP contribution in [0.3, 0.4) is 0 Å². The zero-order valence-electron chi connectivity index (χ0n) is 12.1. The molecule has 1 saturated heterocycles. The van der Waals surface area contributed by atoms with Gasteiger partial charge >= 0.3 is 0 Å². The standard InChI is InChI=1S/C16H24N2O2/c1-2-17-16(20)12-18-10-6-9-14(18)11-15(19)13-7-4-3-5-8-13/h3-5,7-8,14-15,19H,2,6,9-12H2,1H3,(H,17,20). The van der Waals surface area contributed by atoms with Crippen LogP contribution in [-0.4, -0.2) is 41.6 Å². The molecule has 1 heterocycles. The summed E-state index contributed by atoms with van der Waals surface area (Å²) in [6.45, 7) is 3.99. The number of carbonyl (C=O) groups excluding carboxylic acids is 1. The summed E-state index contributed by atoms with van der Waals surface area (Å²) in [4.78, 5) is 13.9. The Kier molecular flexibility index (Phi) is 5.56. The zero-order chi connectivity index (χ0) is 14.4. The molecule has 110 valence electrons. The lowest BCUT2D eigenvalue weighted by atomic mass is 10.0. The van der Waals surface area contributed by atoms with Crippen molar-refractivity contribution in [1.82, 2.24) is 10.2 Å². The van der Waals surface area contributed by atoms with Crippen LogP contribution in [0.4, 0.5) is 0 Å². The van der Waals surface area contributed by atoms with Crippen molar-refractivity contribution < 1.29 is 9.90 Å². The van der Waals surface area contributed by atoms with Gasteiger partial charge in [-0.1, -0.05) is 30.3 Å². The molecule has 0 spiro atoms. The number of rotatable bonds is 6. The number of hydrogen-bond donors (Lipinski definition) is 2. The fourth-order valence-electron chi connectivity index (χ4n) is 2.88. The molecule has 1 aliphatic rings. The smallest absolute Gasteiger partial charge is 0.234 e. The highest BCUT2D eigenvalue weighted by molar-refractivity contribution is 5.78. The van der Waals surface area contributed by atoms with Crippen LogP contribution in [0, 0.1) is 0 Å². The number of hydrogen-bond acceptors (Lipinski definition) is 3. The third-order valence-electron chi connectivity index (χ3n) is 3.90. The molecular formula is C16H24N2O2. The van der Waals surface area contributed by atoms with E-state index in [0.717, 1.165) is 24.9 Å². The predicted molar refractivity (Wildman–Crippen MR) is 79.3 cm³/mol. The number of nitrogens with one attached hydrogen (secondary N) is 1. The van der Waals surface area contributed by atoms with Gasteiger partial charge in [-0.05, 0) is 38.3 Å². The minimum atomic E-state index is -0.448. The Morgan fingerprint density at radius 3 is 2.90 bits per heavy atom. The van der Waals surface area contributed by atoms with Crippen LogP contribution in [0.1, 0.15) is 37.9 Å². The van der Waals surface area contributed by atoms with E-state index in [1.54, 1.807) is 0 Å². The summed E-state index contributed by atoms with van der Waals surface area (Å²) in [5, 5.41) is 13.1. The van der Waals surface area contributed by atoms with E-state index in [1.165, 1.54) is 0 Å². The molecule has 0 saturated carbocycles. The highest BCUT2D eigenvalue weighted by atomic mass is 16.3. The van der Waals surface area contributed by atoms with E-state index >= 15 is 0 Å². The number of nitrogens with zero attached hydrogens (tertiary/aromatic N) is 1. The van der Waals surface area contributed by atoms with E-state index in [1.807, 2.05) is 37.3 Å². The Morgan fingerprint density at radius 1 is 1.45 bits per heavy atom. The summed E-state index contributed by atoms with van der Waals surface area (Å²) < 4.78 is 0. The lowest BCUT2D eigenvalue weighted by Gasteiger charge is -2.26. The molecule has 1 amide bonds. The van der Waals surface area contributed by atoms with Gasteiger partial charge in [-0.2, -0.15) is 0 Å². The topological polar surface area (TPSA) is 52.6 Å². The molecule has 2 unspecified atom stereocenters. The number of benzene rings is 1. The first-order chi connectivity index (χ1) is 9.70. The quantitative estimate of drug-likeness (QED) is 0.831. The predicted octanol–water partition coefficient (Wildman–Crippen LogP) is 1.71. The SMILES string of the molecule is CCNC(=O)CN1CCCC1CC(O)c1ccccc1. The van der Waals surface area contributed by atoms with Gasteiger partial charge in [0.1, 0.15) is 0 Å². The third kappa shape index (κ3) is 4.05. The van der Waals surface area contributed by atoms with Gasteiger partial charge in [-0.25, -0.2) is 0 Å². The van der Waals surface area contributed by atoms with Crippen LogP contribution < -0.4 is 5.32 Å². The second-order valence-corrected chi connectivity index (χ2v) is 5.38. The van der Waals surface area contributed by atoms with E-state index in [2.05, 4.69) is 10.2 Å². The monoisotopic (exact) mass is 276 g/mol. The molecule has 0 aliphatic carbocycles. The molecule has 2 atom stereocenters. The summed E-state index contributed by atoms with van der Waals surface area (Å²) in [5.74, 6) is 0.0774. The van der Waals surface area contributed by atoms with Gasteiger partial charge < -0.3 is 10.4 Å². The highest BCUT2D eigenvalue weighted by Gasteiger charge is 2.28. The Labute approximate surface area is 120 Å². The zero-order valence-corrected chi connectivity index (χ0v) is 12.1. The first kappa shape index (κ1) is 15.0. The van der Waals surface area contributed by atoms with E-state index in [9.17, 15) is 9.90 Å². The summed E-state index contributed by atoms with van der Waals surface area (Å²) in [5.41, 5.74) is 0.956. The average Bonchev–Trinajstić information content (AvgIpc) is 2.87. The molecule has 1 fully saturated rings. The fraction of sp³-hybridized carbons (Fsp3) is 0.562. The van der Waals surface area contributed by atoms with E-state index < -0.39 is 6.10 Å². The minimum absolute atomic E-state index is 0.0774. The van der Waals surface area contributed by atoms with Gasteiger partial charge in [0.05, 0.1) is 12.6 Å². The molecule has 2 N–H and O–H groups in total. The molecule has 1 aliphatic heterocycles. The van der Waals surface area contributed by atoms with Crippen molar-refractivity contribution >= 4 is 5.91 Å². The number of likely N-dealkylation sites (N-methyl/N-ethyl adjacent to an activating group) is 1. The number of carbonyl (C=O) groups is 1. The van der Waals surface area contributed by atoms with Crippen LogP contribution in [0.25, 0.3) is 0 Å². The Hall–Kier alpha value is -1.39. The maximum atomic E-state index is 11.7. The van der Waals surface area contributed by atoms with Crippen LogP contribution in [0.5, 0.6) is 0 Å². The molecule has 1 aromatic rings. The van der Waals surface area contributed by atoms with Crippen molar-refractivity contribution in [3.63, 3.8) is 0 Å². The Balaban J connectivity index is 1.89. The molecule has 1 aromatic carbocycles. The van der Waals surface area contributed by atoms with Crippen molar-refractivity contribution in [2.75, 3.05) is 19.6 Å². The molecular weight excluding hydrogens is 252 g/mol. The fourth-order valence-corrected chi connectivity index (χ4v) is 2.88.